The molecule has 0 radical (unpaired) electrons. The van der Waals surface area contributed by atoms with Gasteiger partial charge in [-0.15, -0.1) is 45.3 Å². The van der Waals surface area contributed by atoms with Crippen molar-refractivity contribution in [3.05, 3.63) is 556 Å². The Morgan fingerprint density at radius 3 is 0.662 bits per heavy atom. The number of anilines is 12. The molecule has 0 atom stereocenters. The second-order valence-corrected chi connectivity index (χ2v) is 41.7. The van der Waals surface area contributed by atoms with E-state index in [1.54, 1.807) is 0 Å². The van der Waals surface area contributed by atoms with Crippen LogP contribution >= 0.6 is 45.3 Å². The number of hydrogen-bond acceptors (Lipinski definition) is 8. The first-order valence-electron chi connectivity index (χ1n) is 49.9. The molecule has 148 heavy (non-hydrogen) atoms. The highest BCUT2D eigenvalue weighted by molar-refractivity contribution is 7.27. The summed E-state index contributed by atoms with van der Waals surface area (Å²) in [5, 5.41) is 20.4. The molecule has 692 valence electrons. The molecule has 0 spiro atoms. The molecule has 4 nitrogen and oxygen atoms in total. The zero-order valence-corrected chi connectivity index (χ0v) is 83.5. The topological polar surface area (TPSA) is 13.0 Å². The minimum atomic E-state index is 0.914. The van der Waals surface area contributed by atoms with Gasteiger partial charge in [0.2, 0.25) is 0 Å². The molecule has 24 aromatic carbocycles. The minimum absolute atomic E-state index is 0.914. The number of benzene rings is 24. The summed E-state index contributed by atoms with van der Waals surface area (Å²) in [6.07, 6.45) is 0. The van der Waals surface area contributed by atoms with E-state index >= 15 is 0 Å². The molecule has 0 aliphatic heterocycles. The van der Waals surface area contributed by atoms with E-state index in [-0.39, 0.29) is 0 Å². The predicted molar refractivity (Wildman–Crippen MR) is 640 cm³/mol. The molecule has 0 aliphatic carbocycles. The van der Waals surface area contributed by atoms with Gasteiger partial charge in [0.1, 0.15) is 0 Å². The number of rotatable bonds is 16. The lowest BCUT2D eigenvalue weighted by Crippen LogP contribution is -2.09. The van der Waals surface area contributed by atoms with Gasteiger partial charge in [-0.05, 0) is 355 Å². The van der Waals surface area contributed by atoms with Crippen LogP contribution < -0.4 is 19.6 Å². The van der Waals surface area contributed by atoms with Crippen molar-refractivity contribution in [2.75, 3.05) is 19.6 Å². The average Bonchev–Trinajstić information content (AvgIpc) is 1.30. The highest BCUT2D eigenvalue weighted by Crippen LogP contribution is 2.51. The van der Waals surface area contributed by atoms with Crippen molar-refractivity contribution >= 4 is 237 Å². The molecule has 8 heteroatoms. The molecule has 0 unspecified atom stereocenters. The molecule has 0 amide bonds. The second-order valence-electron chi connectivity index (χ2n) is 37.4. The van der Waals surface area contributed by atoms with Gasteiger partial charge >= 0.3 is 0 Å². The molecule has 0 saturated heterocycles. The van der Waals surface area contributed by atoms with Crippen LogP contribution in [0.1, 0.15) is 22.3 Å². The van der Waals surface area contributed by atoms with Crippen LogP contribution in [0.25, 0.3) is 168 Å². The highest BCUT2D eigenvalue weighted by Gasteiger charge is 2.25. The monoisotopic (exact) mass is 1950 g/mol. The fourth-order valence-electron chi connectivity index (χ4n) is 21.4. The van der Waals surface area contributed by atoms with E-state index < -0.39 is 0 Å². The Morgan fingerprint density at radius 2 is 0.365 bits per heavy atom. The third-order valence-corrected chi connectivity index (χ3v) is 33.0. The van der Waals surface area contributed by atoms with E-state index in [2.05, 4.69) is 577 Å². The lowest BCUT2D eigenvalue weighted by Gasteiger charge is -2.25. The zero-order valence-electron chi connectivity index (χ0n) is 80.2. The van der Waals surface area contributed by atoms with Gasteiger partial charge < -0.3 is 19.6 Å². The fraction of sp³-hybridized carbons (Fsp3) is 0. The molecule has 4 aromatic heterocycles. The van der Waals surface area contributed by atoms with Crippen LogP contribution in [0.5, 0.6) is 0 Å². The Kier molecular flexibility index (Phi) is 22.9. The summed E-state index contributed by atoms with van der Waals surface area (Å²) in [6, 6.07) is 193. The number of nitrogens with zero attached hydrogens (tertiary/aromatic N) is 4. The van der Waals surface area contributed by atoms with E-state index in [4.69, 9.17) is 0 Å². The molecular formula is C140H88N4S4. The highest BCUT2D eigenvalue weighted by atomic mass is 32.1. The van der Waals surface area contributed by atoms with Gasteiger partial charge in [0.05, 0.1) is 0 Å². The Balaban J connectivity index is 0.000000146. The molecule has 0 aliphatic rings. The summed E-state index contributed by atoms with van der Waals surface area (Å²) >= 11 is 7.45. The second kappa shape index (κ2) is 38.3. The molecule has 0 N–H and O–H groups in total. The molecule has 4 heterocycles. The molecular weight excluding hydrogens is 1870 g/mol. The minimum Gasteiger partial charge on any atom is -0.311 e. The van der Waals surface area contributed by atoms with Crippen LogP contribution in [-0.2, 0) is 0 Å². The average molecular weight is 1950 g/mol. The van der Waals surface area contributed by atoms with Crippen LogP contribution in [0, 0.1) is 23.7 Å². The van der Waals surface area contributed by atoms with Crippen LogP contribution in [0.4, 0.5) is 68.2 Å². The van der Waals surface area contributed by atoms with Gasteiger partial charge in [-0.3, -0.25) is 0 Å². The summed E-state index contributed by atoms with van der Waals surface area (Å²) in [6.45, 7) is 0. The van der Waals surface area contributed by atoms with Gasteiger partial charge in [-0.25, -0.2) is 0 Å². The largest absolute Gasteiger partial charge is 0.311 e. The van der Waals surface area contributed by atoms with Crippen LogP contribution in [0.3, 0.4) is 0 Å². The molecule has 0 fully saturated rings. The van der Waals surface area contributed by atoms with E-state index in [0.717, 1.165) is 113 Å². The smallest absolute Gasteiger partial charge is 0.0462 e. The normalized spacial score (nSPS) is 11.4. The van der Waals surface area contributed by atoms with E-state index in [1.165, 1.54) is 146 Å². The van der Waals surface area contributed by atoms with E-state index in [0.29, 0.717) is 0 Å². The van der Waals surface area contributed by atoms with Crippen molar-refractivity contribution in [3.63, 3.8) is 0 Å². The van der Waals surface area contributed by atoms with Crippen molar-refractivity contribution in [2.45, 2.75) is 0 Å². The maximum Gasteiger partial charge on any atom is 0.0462 e. The Morgan fingerprint density at radius 1 is 0.128 bits per heavy atom. The lowest BCUT2D eigenvalue weighted by molar-refractivity contribution is 1.28. The van der Waals surface area contributed by atoms with Crippen LogP contribution in [0.15, 0.2) is 534 Å². The quantitative estimate of drug-likeness (QED) is 0.0543. The Hall–Kier alpha value is -18.5. The van der Waals surface area contributed by atoms with Crippen molar-refractivity contribution in [3.8, 4) is 68.2 Å². The van der Waals surface area contributed by atoms with E-state index in [9.17, 15) is 0 Å². The summed E-state index contributed by atoms with van der Waals surface area (Å²) < 4.78 is 10.3. The van der Waals surface area contributed by atoms with Crippen molar-refractivity contribution < 1.29 is 0 Å². The number of hydrogen-bond donors (Lipinski definition) is 0. The van der Waals surface area contributed by atoms with Crippen molar-refractivity contribution in [1.29, 1.82) is 0 Å². The summed E-state index contributed by atoms with van der Waals surface area (Å²) in [4.78, 5) is 9.21. The molecule has 28 rings (SSSR count). The lowest BCUT2D eigenvalue weighted by atomic mass is 9.88. The van der Waals surface area contributed by atoms with Crippen molar-refractivity contribution in [1.82, 2.24) is 0 Å². The third kappa shape index (κ3) is 16.7. The van der Waals surface area contributed by atoms with Crippen LogP contribution in [-0.4, -0.2) is 0 Å². The summed E-state index contributed by atoms with van der Waals surface area (Å²) in [7, 11) is 0. The van der Waals surface area contributed by atoms with E-state index in [1.807, 2.05) is 45.3 Å². The first kappa shape index (κ1) is 88.5. The first-order valence-corrected chi connectivity index (χ1v) is 53.2. The van der Waals surface area contributed by atoms with Crippen LogP contribution in [0.2, 0.25) is 0 Å². The fourth-order valence-corrected chi connectivity index (χ4v) is 26.0. The number of thiophene rings is 4. The predicted octanol–water partition coefficient (Wildman–Crippen LogP) is 40.8. The standard InChI is InChI=1S/2C70H44N2S2/c1-5-17-49(18-6-1)71(50-19-7-2-8-20-50)53-33-29-45(30-34-53)57-38-47-37-48-39-58(46-31-35-54(36-32-46)72(51-21-9-3-10-22-51)52-23-11-4-12-24-52)62-42-66-56-26-14-16-28-68(56)74-70(66)44-64(62)60(48)40-59(47)63-43-69-65(41-61(57)63)55-25-13-15-27-67(55)73-69;1-5-17-55(18-6-1)71(56-19-7-2-8-20-56)59-39-31-49(32-40-59)29-35-51-45-52(36-30-50-33-41-60(42-34-50)72(57-21-9-3-10-22-57)58-23-11-4-12-24-58)66(54-38-44-64-62-26-14-16-28-68(62)74-70(64)47-54)48-65(51)53-37-43-63-61-25-13-15-27-67(61)73-69(63)46-53/h1-44H;1-28,31-34,37-48H. The summed E-state index contributed by atoms with van der Waals surface area (Å²) in [5.41, 5.74) is 26.1. The van der Waals surface area contributed by atoms with Gasteiger partial charge in [0.25, 0.3) is 0 Å². The molecule has 0 saturated carbocycles. The van der Waals surface area contributed by atoms with Gasteiger partial charge in [-0.2, -0.15) is 0 Å². The van der Waals surface area contributed by atoms with Gasteiger partial charge in [0.15, 0.2) is 0 Å². The number of para-hydroxylation sites is 8. The first-order chi connectivity index (χ1) is 73.3. The van der Waals surface area contributed by atoms with Gasteiger partial charge in [-0.1, -0.05) is 291 Å². The van der Waals surface area contributed by atoms with Gasteiger partial charge in [0, 0.05) is 171 Å². The number of fused-ring (bicyclic) bond motifs is 18. The van der Waals surface area contributed by atoms with Crippen molar-refractivity contribution in [2.24, 2.45) is 0 Å². The Bertz CT molecular complexity index is 9350. The Labute approximate surface area is 874 Å². The summed E-state index contributed by atoms with van der Waals surface area (Å²) in [5.74, 6) is 14.6. The third-order valence-electron chi connectivity index (χ3n) is 28.5. The molecule has 0 bridgehead atoms. The zero-order chi connectivity index (χ0) is 97.9. The SMILES string of the molecule is C(#Cc1cc(C#Cc2ccc(N(c3ccccc3)c3ccccc3)cc2)c(-c2ccc3c(c2)sc2ccccc23)cc1-c1ccc2c(c1)sc1ccccc12)c1ccc(N(c2ccccc2)c2ccccc2)cc1.c1ccc(N(c2ccccc2)c2ccc(-c3cc4cc5cc(-c6ccc(N(c7ccccc7)c7ccccc7)cc6)c6cc7c(cc6c5cc4c4cc5sc6ccccc6c5cc34)sc3ccccc37)cc2)cc1. The maximum absolute atomic E-state index is 3.70. The maximum atomic E-state index is 3.70. The molecule has 28 aromatic rings.